The summed E-state index contributed by atoms with van der Waals surface area (Å²) >= 11 is 3.51. The normalized spacial score (nSPS) is 12.5. The Bertz CT molecular complexity index is 344. The van der Waals surface area contributed by atoms with Crippen LogP contribution in [-0.2, 0) is 4.74 Å². The molecule has 4 heteroatoms. The molecule has 96 valence electrons. The third kappa shape index (κ3) is 4.30. The van der Waals surface area contributed by atoms with Crippen molar-refractivity contribution in [3.8, 4) is 5.75 Å². The van der Waals surface area contributed by atoms with Crippen molar-refractivity contribution in [1.82, 2.24) is 5.32 Å². The first-order chi connectivity index (χ1) is 8.22. The average Bonchev–Trinajstić information content (AvgIpc) is 2.35. The summed E-state index contributed by atoms with van der Waals surface area (Å²) in [4.78, 5) is 0. The molecule has 1 N–H and O–H groups in total. The molecule has 1 aromatic rings. The average molecular weight is 302 g/mol. The summed E-state index contributed by atoms with van der Waals surface area (Å²) in [6.45, 7) is 0.801. The van der Waals surface area contributed by atoms with Crippen LogP contribution in [0.4, 0.5) is 0 Å². The monoisotopic (exact) mass is 301 g/mol. The van der Waals surface area contributed by atoms with Gasteiger partial charge in [-0.15, -0.1) is 0 Å². The van der Waals surface area contributed by atoms with E-state index < -0.39 is 0 Å². The standard InChI is InChI=1S/C13H20BrNO2/c1-15-12(5-4-8-16-2)10-6-7-13(17-3)11(14)9-10/h6-7,9,12,15H,4-5,8H2,1-3H3. The van der Waals surface area contributed by atoms with Gasteiger partial charge < -0.3 is 14.8 Å². The van der Waals surface area contributed by atoms with Crippen LogP contribution < -0.4 is 10.1 Å². The second-order valence-corrected chi connectivity index (χ2v) is 4.72. The molecule has 0 fully saturated rings. The van der Waals surface area contributed by atoms with E-state index in [1.807, 2.05) is 13.1 Å². The van der Waals surface area contributed by atoms with Crippen LogP contribution in [0.5, 0.6) is 5.75 Å². The summed E-state index contributed by atoms with van der Waals surface area (Å²) in [6, 6.07) is 6.54. The Hall–Kier alpha value is -0.580. The molecule has 17 heavy (non-hydrogen) atoms. The van der Waals surface area contributed by atoms with Crippen molar-refractivity contribution in [2.45, 2.75) is 18.9 Å². The quantitative estimate of drug-likeness (QED) is 0.785. The zero-order valence-corrected chi connectivity index (χ0v) is 12.2. The number of rotatable bonds is 7. The predicted molar refractivity (Wildman–Crippen MR) is 73.6 cm³/mol. The molecule has 1 aromatic carbocycles. The number of nitrogens with one attached hydrogen (secondary N) is 1. The highest BCUT2D eigenvalue weighted by atomic mass is 79.9. The molecule has 0 aliphatic rings. The van der Waals surface area contributed by atoms with Gasteiger partial charge in [-0.25, -0.2) is 0 Å². The van der Waals surface area contributed by atoms with E-state index in [0.717, 1.165) is 29.7 Å². The Kier molecular flexibility index (Phi) is 6.55. The van der Waals surface area contributed by atoms with E-state index in [1.54, 1.807) is 14.2 Å². The van der Waals surface area contributed by atoms with Crippen LogP contribution in [0.15, 0.2) is 22.7 Å². The maximum absolute atomic E-state index is 5.22. The molecule has 3 nitrogen and oxygen atoms in total. The molecule has 0 saturated heterocycles. The number of hydrogen-bond donors (Lipinski definition) is 1. The van der Waals surface area contributed by atoms with Crippen molar-refractivity contribution in [3.05, 3.63) is 28.2 Å². The highest BCUT2D eigenvalue weighted by molar-refractivity contribution is 9.10. The first kappa shape index (κ1) is 14.5. The Morgan fingerprint density at radius 3 is 2.65 bits per heavy atom. The van der Waals surface area contributed by atoms with Crippen molar-refractivity contribution in [3.63, 3.8) is 0 Å². The number of hydrogen-bond acceptors (Lipinski definition) is 3. The molecular weight excluding hydrogens is 282 g/mol. The highest BCUT2D eigenvalue weighted by Gasteiger charge is 2.10. The molecule has 0 aliphatic carbocycles. The van der Waals surface area contributed by atoms with Crippen LogP contribution >= 0.6 is 15.9 Å². The van der Waals surface area contributed by atoms with Gasteiger partial charge in [-0.3, -0.25) is 0 Å². The minimum absolute atomic E-state index is 0.354. The number of benzene rings is 1. The van der Waals surface area contributed by atoms with E-state index in [2.05, 4.69) is 33.4 Å². The van der Waals surface area contributed by atoms with E-state index >= 15 is 0 Å². The molecule has 1 atom stereocenters. The minimum Gasteiger partial charge on any atom is -0.496 e. The lowest BCUT2D eigenvalue weighted by Gasteiger charge is -2.17. The Balaban J connectivity index is 2.71. The first-order valence-electron chi connectivity index (χ1n) is 5.72. The fourth-order valence-corrected chi connectivity index (χ4v) is 2.37. The summed E-state index contributed by atoms with van der Waals surface area (Å²) in [5.74, 6) is 0.862. The van der Waals surface area contributed by atoms with Crippen LogP contribution in [0.1, 0.15) is 24.4 Å². The molecule has 0 aromatic heterocycles. The zero-order chi connectivity index (χ0) is 12.7. The summed E-state index contributed by atoms with van der Waals surface area (Å²) in [5.41, 5.74) is 1.26. The number of methoxy groups -OCH3 is 2. The van der Waals surface area contributed by atoms with Crippen molar-refractivity contribution >= 4 is 15.9 Å². The van der Waals surface area contributed by atoms with Gasteiger partial charge in [0, 0.05) is 19.8 Å². The minimum atomic E-state index is 0.354. The van der Waals surface area contributed by atoms with E-state index in [9.17, 15) is 0 Å². The van der Waals surface area contributed by atoms with E-state index in [0.29, 0.717) is 6.04 Å². The van der Waals surface area contributed by atoms with Crippen molar-refractivity contribution < 1.29 is 9.47 Å². The molecule has 0 spiro atoms. The second kappa shape index (κ2) is 7.69. The molecule has 0 radical (unpaired) electrons. The molecule has 0 bridgehead atoms. The third-order valence-corrected chi connectivity index (χ3v) is 3.39. The van der Waals surface area contributed by atoms with Crippen molar-refractivity contribution in [2.75, 3.05) is 27.9 Å². The fourth-order valence-electron chi connectivity index (χ4n) is 1.81. The molecular formula is C13H20BrNO2. The van der Waals surface area contributed by atoms with Crippen LogP contribution in [0.3, 0.4) is 0 Å². The van der Waals surface area contributed by atoms with Crippen molar-refractivity contribution in [1.29, 1.82) is 0 Å². The van der Waals surface area contributed by atoms with Gasteiger partial charge in [0.1, 0.15) is 5.75 Å². The maximum Gasteiger partial charge on any atom is 0.133 e. The predicted octanol–water partition coefficient (Wildman–Crippen LogP) is 3.14. The van der Waals surface area contributed by atoms with E-state index in [4.69, 9.17) is 9.47 Å². The van der Waals surface area contributed by atoms with Gasteiger partial charge in [0.25, 0.3) is 0 Å². The van der Waals surface area contributed by atoms with Crippen LogP contribution in [0.25, 0.3) is 0 Å². The lowest BCUT2D eigenvalue weighted by Crippen LogP contribution is -2.16. The molecule has 0 amide bonds. The molecule has 0 aliphatic heterocycles. The van der Waals surface area contributed by atoms with E-state index in [1.165, 1.54) is 5.56 Å². The smallest absolute Gasteiger partial charge is 0.133 e. The molecule has 1 unspecified atom stereocenters. The van der Waals surface area contributed by atoms with Crippen LogP contribution in [-0.4, -0.2) is 27.9 Å². The largest absolute Gasteiger partial charge is 0.496 e. The Morgan fingerprint density at radius 1 is 1.35 bits per heavy atom. The fraction of sp³-hybridized carbons (Fsp3) is 0.538. The topological polar surface area (TPSA) is 30.5 Å². The number of ether oxygens (including phenoxy) is 2. The molecule has 0 saturated carbocycles. The lowest BCUT2D eigenvalue weighted by molar-refractivity contribution is 0.189. The van der Waals surface area contributed by atoms with Crippen LogP contribution in [0.2, 0.25) is 0 Å². The lowest BCUT2D eigenvalue weighted by atomic mass is 10.0. The Labute approximate surface area is 112 Å². The van der Waals surface area contributed by atoms with Crippen LogP contribution in [0, 0.1) is 0 Å². The Morgan fingerprint density at radius 2 is 2.12 bits per heavy atom. The van der Waals surface area contributed by atoms with E-state index in [-0.39, 0.29) is 0 Å². The zero-order valence-electron chi connectivity index (χ0n) is 10.6. The van der Waals surface area contributed by atoms with Gasteiger partial charge >= 0.3 is 0 Å². The number of halogens is 1. The van der Waals surface area contributed by atoms with Gasteiger partial charge in [0.2, 0.25) is 0 Å². The van der Waals surface area contributed by atoms with Gasteiger partial charge in [-0.05, 0) is 53.5 Å². The van der Waals surface area contributed by atoms with Crippen molar-refractivity contribution in [2.24, 2.45) is 0 Å². The third-order valence-electron chi connectivity index (χ3n) is 2.77. The summed E-state index contributed by atoms with van der Waals surface area (Å²) in [5, 5.41) is 3.32. The van der Waals surface area contributed by atoms with Gasteiger partial charge in [-0.1, -0.05) is 6.07 Å². The SMILES string of the molecule is CNC(CCCOC)c1ccc(OC)c(Br)c1. The molecule has 0 heterocycles. The first-order valence-corrected chi connectivity index (χ1v) is 6.51. The summed E-state index contributed by atoms with van der Waals surface area (Å²) < 4.78 is 11.3. The molecule has 1 rings (SSSR count). The highest BCUT2D eigenvalue weighted by Crippen LogP contribution is 2.29. The second-order valence-electron chi connectivity index (χ2n) is 3.87. The van der Waals surface area contributed by atoms with Gasteiger partial charge in [0.05, 0.1) is 11.6 Å². The summed E-state index contributed by atoms with van der Waals surface area (Å²) in [7, 11) is 5.39. The van der Waals surface area contributed by atoms with Gasteiger partial charge in [-0.2, -0.15) is 0 Å². The summed E-state index contributed by atoms with van der Waals surface area (Å²) in [6.07, 6.45) is 2.11. The van der Waals surface area contributed by atoms with Gasteiger partial charge in [0.15, 0.2) is 0 Å². The maximum atomic E-state index is 5.22.